The summed E-state index contributed by atoms with van der Waals surface area (Å²) in [4.78, 5) is 22.0. The molecule has 1 heterocycles. The Morgan fingerprint density at radius 2 is 2.14 bits per heavy atom. The lowest BCUT2D eigenvalue weighted by molar-refractivity contribution is -0.134. The van der Waals surface area contributed by atoms with E-state index in [2.05, 4.69) is 5.32 Å². The van der Waals surface area contributed by atoms with E-state index in [1.807, 2.05) is 0 Å². The molecule has 0 bridgehead atoms. The molecule has 2 N–H and O–H groups in total. The van der Waals surface area contributed by atoms with E-state index < -0.39 is 11.9 Å². The molecule has 0 spiro atoms. The summed E-state index contributed by atoms with van der Waals surface area (Å²) < 4.78 is 11.1. The molecule has 2 rings (SSSR count). The average Bonchev–Trinajstić information content (AvgIpc) is 2.98. The molecule has 22 heavy (non-hydrogen) atoms. The Morgan fingerprint density at radius 1 is 1.41 bits per heavy atom. The van der Waals surface area contributed by atoms with Crippen molar-refractivity contribution in [2.45, 2.75) is 25.9 Å². The minimum absolute atomic E-state index is 0.151. The highest BCUT2D eigenvalue weighted by atomic mass is 16.5. The van der Waals surface area contributed by atoms with Crippen LogP contribution in [0.3, 0.4) is 0 Å². The minimum atomic E-state index is -1.19. The highest BCUT2D eigenvalue weighted by Gasteiger charge is 2.15. The quantitative estimate of drug-likeness (QED) is 0.783. The Kier molecular flexibility index (Phi) is 5.55. The summed E-state index contributed by atoms with van der Waals surface area (Å²) in [6.45, 7) is 2.57. The van der Waals surface area contributed by atoms with Crippen LogP contribution in [0.4, 0.5) is 0 Å². The molecular weight excluding hydrogens is 286 g/mol. The van der Waals surface area contributed by atoms with Gasteiger partial charge in [0.15, 0.2) is 0 Å². The fourth-order valence-corrected chi connectivity index (χ4v) is 2.13. The third-order valence-corrected chi connectivity index (χ3v) is 3.19. The van der Waals surface area contributed by atoms with Gasteiger partial charge in [-0.15, -0.1) is 0 Å². The first kappa shape index (κ1) is 16.0. The Bertz CT molecular complexity index is 558. The van der Waals surface area contributed by atoms with Crippen molar-refractivity contribution in [2.75, 3.05) is 13.2 Å². The summed E-state index contributed by atoms with van der Waals surface area (Å²) in [7, 11) is 0. The average molecular weight is 305 g/mol. The molecule has 0 aromatic heterocycles. The normalized spacial score (nSPS) is 18.0. The van der Waals surface area contributed by atoms with Gasteiger partial charge in [0.1, 0.15) is 18.1 Å². The van der Waals surface area contributed by atoms with Gasteiger partial charge in [-0.1, -0.05) is 12.1 Å². The predicted octanol–water partition coefficient (Wildman–Crippen LogP) is 1.81. The maximum Gasteiger partial charge on any atom is 0.352 e. The molecule has 1 aromatic rings. The van der Waals surface area contributed by atoms with Crippen LogP contribution < -0.4 is 10.1 Å². The summed E-state index contributed by atoms with van der Waals surface area (Å²) in [6, 6.07) is 6.98. The van der Waals surface area contributed by atoms with Crippen LogP contribution in [0.5, 0.6) is 5.75 Å². The smallest absolute Gasteiger partial charge is 0.352 e. The van der Waals surface area contributed by atoms with Crippen LogP contribution in [-0.4, -0.2) is 36.3 Å². The second-order valence-corrected chi connectivity index (χ2v) is 5.06. The number of amides is 1. The topological polar surface area (TPSA) is 84.9 Å². The van der Waals surface area contributed by atoms with E-state index >= 15 is 0 Å². The number of rotatable bonds is 6. The molecule has 0 aliphatic carbocycles. The van der Waals surface area contributed by atoms with Crippen molar-refractivity contribution in [2.24, 2.45) is 0 Å². The van der Waals surface area contributed by atoms with E-state index in [-0.39, 0.29) is 11.8 Å². The van der Waals surface area contributed by atoms with Gasteiger partial charge in [0.05, 0.1) is 6.10 Å². The number of nitrogens with one attached hydrogen (secondary N) is 1. The van der Waals surface area contributed by atoms with Crippen LogP contribution in [0.15, 0.2) is 30.0 Å². The van der Waals surface area contributed by atoms with Gasteiger partial charge in [0.2, 0.25) is 5.91 Å². The number of benzene rings is 1. The summed E-state index contributed by atoms with van der Waals surface area (Å²) in [5.41, 5.74) is 0.496. The molecule has 1 unspecified atom stereocenters. The highest BCUT2D eigenvalue weighted by Crippen LogP contribution is 2.17. The lowest BCUT2D eigenvalue weighted by Gasteiger charge is -2.11. The van der Waals surface area contributed by atoms with Crippen LogP contribution >= 0.6 is 0 Å². The second kappa shape index (κ2) is 7.61. The molecular formula is C16H19NO5. The minimum Gasteiger partial charge on any atom is -0.491 e. The van der Waals surface area contributed by atoms with Gasteiger partial charge < -0.3 is 19.9 Å². The number of hydrogen-bond acceptors (Lipinski definition) is 4. The van der Waals surface area contributed by atoms with Gasteiger partial charge in [0, 0.05) is 13.5 Å². The van der Waals surface area contributed by atoms with E-state index in [0.29, 0.717) is 17.9 Å². The fourth-order valence-electron chi connectivity index (χ4n) is 2.13. The summed E-state index contributed by atoms with van der Waals surface area (Å²) in [6.07, 6.45) is 3.63. The molecule has 1 aliphatic rings. The van der Waals surface area contributed by atoms with E-state index in [0.717, 1.165) is 19.4 Å². The number of hydrogen-bond donors (Lipinski definition) is 2. The lowest BCUT2D eigenvalue weighted by atomic mass is 10.2. The summed E-state index contributed by atoms with van der Waals surface area (Å²) in [5, 5.41) is 11.3. The van der Waals surface area contributed by atoms with E-state index in [1.165, 1.54) is 13.0 Å². The number of ether oxygens (including phenoxy) is 2. The van der Waals surface area contributed by atoms with E-state index in [1.54, 1.807) is 24.3 Å². The molecule has 6 heteroatoms. The molecule has 0 radical (unpaired) electrons. The van der Waals surface area contributed by atoms with Crippen LogP contribution in [0.25, 0.3) is 6.08 Å². The first-order valence-electron chi connectivity index (χ1n) is 7.11. The molecule has 0 saturated carbocycles. The zero-order valence-corrected chi connectivity index (χ0v) is 12.4. The molecule has 1 amide bonds. The van der Waals surface area contributed by atoms with Gasteiger partial charge in [-0.25, -0.2) is 4.79 Å². The van der Waals surface area contributed by atoms with Crippen LogP contribution in [-0.2, 0) is 14.3 Å². The van der Waals surface area contributed by atoms with Crippen LogP contribution in [0, 0.1) is 0 Å². The fraction of sp³-hybridized carbons (Fsp3) is 0.375. The second-order valence-electron chi connectivity index (χ2n) is 5.06. The third kappa shape index (κ3) is 4.89. The Balaban J connectivity index is 1.97. The number of aliphatic carboxylic acids is 1. The molecule has 1 aliphatic heterocycles. The largest absolute Gasteiger partial charge is 0.491 e. The summed E-state index contributed by atoms with van der Waals surface area (Å²) >= 11 is 0. The van der Waals surface area contributed by atoms with Crippen LogP contribution in [0.2, 0.25) is 0 Å². The maximum absolute atomic E-state index is 11.0. The Labute approximate surface area is 128 Å². The SMILES string of the molecule is CC(=O)N/C(=C\c1ccc(OCC2CCCO2)cc1)C(=O)O. The first-order chi connectivity index (χ1) is 10.5. The maximum atomic E-state index is 11.0. The Morgan fingerprint density at radius 3 is 2.68 bits per heavy atom. The van der Waals surface area contributed by atoms with Crippen molar-refractivity contribution >= 4 is 18.0 Å². The first-order valence-corrected chi connectivity index (χ1v) is 7.11. The zero-order chi connectivity index (χ0) is 15.9. The highest BCUT2D eigenvalue weighted by molar-refractivity contribution is 5.96. The summed E-state index contributed by atoms with van der Waals surface area (Å²) in [5.74, 6) is -0.914. The van der Waals surface area contributed by atoms with Crippen molar-refractivity contribution in [3.63, 3.8) is 0 Å². The molecule has 1 saturated heterocycles. The zero-order valence-electron chi connectivity index (χ0n) is 12.4. The van der Waals surface area contributed by atoms with Crippen molar-refractivity contribution in [1.29, 1.82) is 0 Å². The van der Waals surface area contributed by atoms with Crippen molar-refractivity contribution < 1.29 is 24.2 Å². The molecule has 6 nitrogen and oxygen atoms in total. The molecule has 1 fully saturated rings. The van der Waals surface area contributed by atoms with E-state index in [4.69, 9.17) is 14.6 Å². The van der Waals surface area contributed by atoms with E-state index in [9.17, 15) is 9.59 Å². The predicted molar refractivity (Wildman–Crippen MR) is 80.3 cm³/mol. The molecule has 1 aromatic carbocycles. The monoisotopic (exact) mass is 305 g/mol. The van der Waals surface area contributed by atoms with Gasteiger partial charge >= 0.3 is 5.97 Å². The third-order valence-electron chi connectivity index (χ3n) is 3.19. The van der Waals surface area contributed by atoms with Crippen molar-refractivity contribution in [3.05, 3.63) is 35.5 Å². The molecule has 1 atom stereocenters. The van der Waals surface area contributed by atoms with Gasteiger partial charge in [-0.3, -0.25) is 4.79 Å². The number of carboxylic acids is 1. The van der Waals surface area contributed by atoms with Crippen LogP contribution in [0.1, 0.15) is 25.3 Å². The lowest BCUT2D eigenvalue weighted by Crippen LogP contribution is -2.24. The Hall–Kier alpha value is -2.34. The van der Waals surface area contributed by atoms with Crippen molar-refractivity contribution in [1.82, 2.24) is 5.32 Å². The van der Waals surface area contributed by atoms with Gasteiger partial charge in [0.25, 0.3) is 0 Å². The number of carbonyl (C=O) groups is 2. The molecule has 118 valence electrons. The van der Waals surface area contributed by atoms with Crippen molar-refractivity contribution in [3.8, 4) is 5.75 Å². The standard InChI is InChI=1S/C16H19NO5/c1-11(18)17-15(16(19)20)9-12-4-6-13(7-5-12)22-10-14-3-2-8-21-14/h4-7,9,14H,2-3,8,10H2,1H3,(H,17,18)(H,19,20)/b15-9-. The van der Waals surface area contributed by atoms with Gasteiger partial charge in [-0.2, -0.15) is 0 Å². The number of carbonyl (C=O) groups excluding carboxylic acids is 1. The number of carboxylic acid groups (broad SMARTS) is 1. The van der Waals surface area contributed by atoms with Gasteiger partial charge in [-0.05, 0) is 36.6 Å².